The molecule has 0 saturated heterocycles. The van der Waals surface area contributed by atoms with Crippen molar-refractivity contribution in [2.45, 2.75) is 18.9 Å². The highest BCUT2D eigenvalue weighted by atomic mass is 15.2. The third-order valence-electron chi connectivity index (χ3n) is 9.60. The summed E-state index contributed by atoms with van der Waals surface area (Å²) in [6.45, 7) is 2.14. The van der Waals surface area contributed by atoms with Crippen LogP contribution in [-0.4, -0.2) is 10.6 Å². The molecule has 2 unspecified atom stereocenters. The number of hydrogen-bond donors (Lipinski definition) is 0. The molecule has 2 heteroatoms. The summed E-state index contributed by atoms with van der Waals surface area (Å²) < 4.78 is 2.42. The molecule has 214 valence electrons. The van der Waals surface area contributed by atoms with Crippen molar-refractivity contribution >= 4 is 33.2 Å². The predicted molar refractivity (Wildman–Crippen MR) is 190 cm³/mol. The number of fused-ring (bicyclic) bond motifs is 6. The maximum atomic E-state index is 2.56. The Morgan fingerprint density at radius 3 is 2.00 bits per heavy atom. The van der Waals surface area contributed by atoms with Gasteiger partial charge < -0.3 is 9.47 Å². The van der Waals surface area contributed by atoms with Crippen LogP contribution in [0.25, 0.3) is 49.7 Å². The highest BCUT2D eigenvalue weighted by Gasteiger charge is 2.38. The van der Waals surface area contributed by atoms with Crippen molar-refractivity contribution in [3.05, 3.63) is 175 Å². The number of anilines is 2. The van der Waals surface area contributed by atoms with E-state index >= 15 is 0 Å². The largest absolute Gasteiger partial charge is 0.333 e. The van der Waals surface area contributed by atoms with Crippen LogP contribution >= 0.6 is 0 Å². The van der Waals surface area contributed by atoms with Gasteiger partial charge in [0.05, 0.1) is 17.1 Å². The van der Waals surface area contributed by atoms with Crippen molar-refractivity contribution in [1.29, 1.82) is 0 Å². The van der Waals surface area contributed by atoms with Crippen molar-refractivity contribution in [3.8, 4) is 27.9 Å². The number of hydrogen-bond acceptors (Lipinski definition) is 1. The molecule has 0 saturated carbocycles. The van der Waals surface area contributed by atoms with Gasteiger partial charge in [-0.2, -0.15) is 0 Å². The minimum absolute atomic E-state index is 0.227. The number of aryl methyl sites for hydroxylation is 1. The fourth-order valence-electron chi connectivity index (χ4n) is 7.49. The number of para-hydroxylation sites is 3. The lowest BCUT2D eigenvalue weighted by atomic mass is 9.91. The van der Waals surface area contributed by atoms with Crippen LogP contribution in [0.4, 0.5) is 11.4 Å². The Labute approximate surface area is 263 Å². The van der Waals surface area contributed by atoms with Crippen molar-refractivity contribution in [1.82, 2.24) is 4.57 Å². The monoisotopic (exact) mass is 576 g/mol. The quantitative estimate of drug-likeness (QED) is 0.202. The minimum atomic E-state index is 0.227. The summed E-state index contributed by atoms with van der Waals surface area (Å²) in [5, 5.41) is 2.55. The van der Waals surface area contributed by atoms with Gasteiger partial charge in [0.2, 0.25) is 0 Å². The molecule has 2 aliphatic rings. The molecule has 9 rings (SSSR count). The molecule has 0 N–H and O–H groups in total. The zero-order chi connectivity index (χ0) is 29.9. The van der Waals surface area contributed by atoms with Gasteiger partial charge in [-0.25, -0.2) is 0 Å². The second kappa shape index (κ2) is 10.2. The van der Waals surface area contributed by atoms with Crippen molar-refractivity contribution in [3.63, 3.8) is 0 Å². The molecule has 0 fully saturated rings. The highest BCUT2D eigenvalue weighted by molar-refractivity contribution is 6.09. The van der Waals surface area contributed by atoms with E-state index in [1.165, 1.54) is 66.6 Å². The zero-order valence-corrected chi connectivity index (χ0v) is 25.1. The standard InChI is InChI=1S/C43H32N2/c1-29-21-23-30(24-22-29)31-11-10-12-32(27-31)38-28-33(44-39-17-6-2-13-34(39)35-14-3-7-18-40(35)44)25-26-43(38)45-41-19-8-4-15-36(41)37-16-5-9-20-42(37)45/h2-28,36,41H,1H3. The van der Waals surface area contributed by atoms with E-state index in [0.29, 0.717) is 5.92 Å². The molecule has 2 nitrogen and oxygen atoms in total. The Morgan fingerprint density at radius 1 is 0.511 bits per heavy atom. The Hall–Kier alpha value is -5.60. The molecular formula is C43H32N2. The van der Waals surface area contributed by atoms with E-state index in [0.717, 1.165) is 5.69 Å². The van der Waals surface area contributed by atoms with Gasteiger partial charge in [-0.15, -0.1) is 0 Å². The first kappa shape index (κ1) is 25.9. The topological polar surface area (TPSA) is 8.17 Å². The molecule has 2 heterocycles. The van der Waals surface area contributed by atoms with Gasteiger partial charge >= 0.3 is 0 Å². The van der Waals surface area contributed by atoms with E-state index in [-0.39, 0.29) is 6.04 Å². The molecule has 0 bridgehead atoms. The van der Waals surface area contributed by atoms with E-state index in [4.69, 9.17) is 0 Å². The van der Waals surface area contributed by atoms with Crippen LogP contribution in [0.5, 0.6) is 0 Å². The van der Waals surface area contributed by atoms with Gasteiger partial charge in [0, 0.05) is 39.3 Å². The van der Waals surface area contributed by atoms with E-state index in [1.54, 1.807) is 0 Å². The summed E-state index contributed by atoms with van der Waals surface area (Å²) in [5.74, 6) is 0.329. The summed E-state index contributed by atoms with van der Waals surface area (Å²) in [7, 11) is 0. The number of benzene rings is 6. The summed E-state index contributed by atoms with van der Waals surface area (Å²) in [6.07, 6.45) is 9.11. The number of rotatable bonds is 4. The smallest absolute Gasteiger partial charge is 0.0629 e. The molecule has 6 aromatic carbocycles. The van der Waals surface area contributed by atoms with Gasteiger partial charge in [0.25, 0.3) is 0 Å². The SMILES string of the molecule is Cc1ccc(-c2cccc(-c3cc(-n4c5ccccc5c5ccccc54)ccc3N3c4ccccc4C4C=CC=CC43)c2)cc1. The molecular weight excluding hydrogens is 544 g/mol. The van der Waals surface area contributed by atoms with Gasteiger partial charge in [0.15, 0.2) is 0 Å². The Morgan fingerprint density at radius 2 is 1.20 bits per heavy atom. The summed E-state index contributed by atoms with van der Waals surface area (Å²) in [5.41, 5.74) is 13.6. The summed E-state index contributed by atoms with van der Waals surface area (Å²) >= 11 is 0. The van der Waals surface area contributed by atoms with Crippen LogP contribution in [0.1, 0.15) is 17.0 Å². The van der Waals surface area contributed by atoms with Crippen LogP contribution in [0.2, 0.25) is 0 Å². The molecule has 1 aromatic heterocycles. The molecule has 45 heavy (non-hydrogen) atoms. The predicted octanol–water partition coefficient (Wildman–Crippen LogP) is 11.2. The van der Waals surface area contributed by atoms with Crippen LogP contribution in [0, 0.1) is 6.92 Å². The first-order valence-electron chi connectivity index (χ1n) is 15.8. The van der Waals surface area contributed by atoms with Crippen molar-refractivity contribution < 1.29 is 0 Å². The first-order chi connectivity index (χ1) is 22.2. The third kappa shape index (κ3) is 4.10. The molecule has 2 atom stereocenters. The molecule has 0 radical (unpaired) electrons. The minimum Gasteiger partial charge on any atom is -0.333 e. The average molecular weight is 577 g/mol. The lowest BCUT2D eigenvalue weighted by Gasteiger charge is -2.31. The highest BCUT2D eigenvalue weighted by Crippen LogP contribution is 2.50. The van der Waals surface area contributed by atoms with Crippen molar-refractivity contribution in [2.24, 2.45) is 0 Å². The maximum Gasteiger partial charge on any atom is 0.0629 e. The Balaban J connectivity index is 1.30. The Bertz CT molecular complexity index is 2250. The van der Waals surface area contributed by atoms with E-state index < -0.39 is 0 Å². The molecule has 7 aromatic rings. The van der Waals surface area contributed by atoms with E-state index in [9.17, 15) is 0 Å². The van der Waals surface area contributed by atoms with Crippen molar-refractivity contribution in [2.75, 3.05) is 4.90 Å². The molecule has 1 aliphatic heterocycles. The fraction of sp³-hybridized carbons (Fsp3) is 0.0698. The normalized spacial score (nSPS) is 16.8. The number of allylic oxidation sites excluding steroid dienone is 2. The number of nitrogens with zero attached hydrogens (tertiary/aromatic N) is 2. The van der Waals surface area contributed by atoms with Crippen LogP contribution < -0.4 is 4.90 Å². The average Bonchev–Trinajstić information content (AvgIpc) is 3.62. The van der Waals surface area contributed by atoms with Crippen LogP contribution in [0.3, 0.4) is 0 Å². The molecule has 0 spiro atoms. The van der Waals surface area contributed by atoms with Crippen LogP contribution in [0.15, 0.2) is 164 Å². The van der Waals surface area contributed by atoms with Gasteiger partial charge in [-0.05, 0) is 71.6 Å². The fourth-order valence-corrected chi connectivity index (χ4v) is 7.49. The van der Waals surface area contributed by atoms with Gasteiger partial charge in [-0.3, -0.25) is 0 Å². The first-order valence-corrected chi connectivity index (χ1v) is 15.8. The van der Waals surface area contributed by atoms with E-state index in [2.05, 4.69) is 180 Å². The van der Waals surface area contributed by atoms with E-state index in [1.807, 2.05) is 0 Å². The summed E-state index contributed by atoms with van der Waals surface area (Å²) in [4.78, 5) is 2.56. The maximum absolute atomic E-state index is 2.56. The Kier molecular flexibility index (Phi) is 5.89. The molecule has 1 aliphatic carbocycles. The lowest BCUT2D eigenvalue weighted by molar-refractivity contribution is 0.745. The number of aromatic nitrogens is 1. The summed E-state index contributed by atoms with van der Waals surface area (Å²) in [6, 6.07) is 51.6. The molecule has 0 amide bonds. The second-order valence-electron chi connectivity index (χ2n) is 12.2. The lowest BCUT2D eigenvalue weighted by Crippen LogP contribution is -2.29. The van der Waals surface area contributed by atoms with Gasteiger partial charge in [0.1, 0.15) is 0 Å². The van der Waals surface area contributed by atoms with Crippen LogP contribution in [-0.2, 0) is 0 Å². The zero-order valence-electron chi connectivity index (χ0n) is 25.1. The van der Waals surface area contributed by atoms with Gasteiger partial charge in [-0.1, -0.05) is 127 Å². The second-order valence-corrected chi connectivity index (χ2v) is 12.2. The third-order valence-corrected chi connectivity index (χ3v) is 9.60.